The van der Waals surface area contributed by atoms with Gasteiger partial charge in [-0.2, -0.15) is 0 Å². The number of amides is 1. The first-order chi connectivity index (χ1) is 16.0. The molecule has 1 atom stereocenters. The van der Waals surface area contributed by atoms with Crippen molar-refractivity contribution >= 4 is 29.0 Å². The monoisotopic (exact) mass is 466 g/mol. The van der Waals surface area contributed by atoms with Crippen LogP contribution in [-0.2, 0) is 14.3 Å². The van der Waals surface area contributed by atoms with E-state index in [1.165, 1.54) is 22.3 Å². The topological polar surface area (TPSA) is 75.7 Å². The summed E-state index contributed by atoms with van der Waals surface area (Å²) in [4.78, 5) is 41.5. The maximum absolute atomic E-state index is 13.7. The molecule has 1 unspecified atom stereocenters. The molecule has 0 saturated carbocycles. The van der Waals surface area contributed by atoms with Crippen molar-refractivity contribution in [1.29, 1.82) is 0 Å². The van der Waals surface area contributed by atoms with E-state index < -0.39 is 12.0 Å². The second kappa shape index (κ2) is 11.6. The number of rotatable bonds is 9. The fourth-order valence-electron chi connectivity index (χ4n) is 3.84. The molecule has 1 amide bonds. The number of carbonyl (C=O) groups is 3. The van der Waals surface area contributed by atoms with Gasteiger partial charge >= 0.3 is 5.97 Å². The van der Waals surface area contributed by atoms with Crippen molar-refractivity contribution in [1.82, 2.24) is 10.2 Å². The van der Waals surface area contributed by atoms with E-state index >= 15 is 0 Å². The highest BCUT2D eigenvalue weighted by Crippen LogP contribution is 2.38. The molecule has 6 nitrogen and oxygen atoms in total. The molecule has 2 aromatic rings. The van der Waals surface area contributed by atoms with E-state index in [0.29, 0.717) is 28.4 Å². The van der Waals surface area contributed by atoms with Gasteiger partial charge in [0.1, 0.15) is 5.82 Å². The maximum atomic E-state index is 13.7. The number of thiophene rings is 1. The Hall–Kier alpha value is -3.19. The van der Waals surface area contributed by atoms with Gasteiger partial charge in [0, 0.05) is 18.2 Å². The number of hydrogen-bond donors (Lipinski definition) is 1. The third kappa shape index (κ3) is 5.79. The average Bonchev–Trinajstić information content (AvgIpc) is 3.34. The molecular weight excluding hydrogens is 436 g/mol. The summed E-state index contributed by atoms with van der Waals surface area (Å²) in [5, 5.41) is 4.98. The number of ketones is 1. The van der Waals surface area contributed by atoms with E-state index in [4.69, 9.17) is 4.74 Å². The molecule has 0 fully saturated rings. The summed E-state index contributed by atoms with van der Waals surface area (Å²) in [6, 6.07) is 12.2. The first kappa shape index (κ1) is 24.5. The van der Waals surface area contributed by atoms with Gasteiger partial charge < -0.3 is 10.1 Å². The lowest BCUT2D eigenvalue weighted by Crippen LogP contribution is -2.46. The van der Waals surface area contributed by atoms with E-state index in [0.717, 1.165) is 24.8 Å². The van der Waals surface area contributed by atoms with E-state index in [9.17, 15) is 14.4 Å². The van der Waals surface area contributed by atoms with Crippen molar-refractivity contribution in [3.63, 3.8) is 0 Å². The Morgan fingerprint density at radius 1 is 1.09 bits per heavy atom. The lowest BCUT2D eigenvalue weighted by Gasteiger charge is -2.39. The molecule has 1 N–H and O–H groups in total. The molecular formula is C26H30N2O4S. The Labute approximate surface area is 198 Å². The van der Waals surface area contributed by atoms with Crippen LogP contribution in [0, 0.1) is 0 Å². The van der Waals surface area contributed by atoms with Gasteiger partial charge in [-0.15, -0.1) is 11.3 Å². The molecule has 7 heteroatoms. The van der Waals surface area contributed by atoms with Crippen LogP contribution in [0.5, 0.6) is 0 Å². The van der Waals surface area contributed by atoms with E-state index in [2.05, 4.69) is 12.2 Å². The minimum atomic E-state index is -0.726. The highest BCUT2D eigenvalue weighted by molar-refractivity contribution is 7.12. The number of carbonyl (C=O) groups excluding carboxylic acids is 3. The minimum absolute atomic E-state index is 0.0610. The Morgan fingerprint density at radius 2 is 1.85 bits per heavy atom. The van der Waals surface area contributed by atoms with Gasteiger partial charge in [-0.05, 0) is 37.3 Å². The zero-order valence-electron chi connectivity index (χ0n) is 19.3. The van der Waals surface area contributed by atoms with Gasteiger partial charge in [0.05, 0.1) is 23.1 Å². The Bertz CT molecular complexity index is 1040. The largest absolute Gasteiger partial charge is 0.463 e. The lowest BCUT2D eigenvalue weighted by atomic mass is 9.93. The Balaban J connectivity index is 2.14. The fourth-order valence-corrected chi connectivity index (χ4v) is 4.50. The SMILES string of the molecule is CCCCCC(=O)/C=C1\NC(C)=C(C(=O)OCC)C(c2ccccc2)N1C(=O)c1cccs1. The van der Waals surface area contributed by atoms with Crippen molar-refractivity contribution in [3.05, 3.63) is 81.5 Å². The van der Waals surface area contributed by atoms with Crippen LogP contribution in [0.25, 0.3) is 0 Å². The fraction of sp³-hybridized carbons (Fsp3) is 0.346. The molecule has 2 heterocycles. The molecule has 0 radical (unpaired) electrons. The van der Waals surface area contributed by atoms with E-state index in [1.54, 1.807) is 26.0 Å². The number of nitrogens with one attached hydrogen (secondary N) is 1. The smallest absolute Gasteiger partial charge is 0.338 e. The van der Waals surface area contributed by atoms with Gasteiger partial charge in [0.2, 0.25) is 0 Å². The molecule has 0 aliphatic carbocycles. The predicted octanol–water partition coefficient (Wildman–Crippen LogP) is 5.36. The molecule has 33 heavy (non-hydrogen) atoms. The summed E-state index contributed by atoms with van der Waals surface area (Å²) in [7, 11) is 0. The predicted molar refractivity (Wildman–Crippen MR) is 129 cm³/mol. The van der Waals surface area contributed by atoms with Gasteiger partial charge in [0.25, 0.3) is 5.91 Å². The molecule has 0 saturated heterocycles. The van der Waals surface area contributed by atoms with Crippen LogP contribution in [0.15, 0.2) is 71.0 Å². The quantitative estimate of drug-likeness (QED) is 0.306. The van der Waals surface area contributed by atoms with Gasteiger partial charge in [0.15, 0.2) is 5.78 Å². The van der Waals surface area contributed by atoms with Gasteiger partial charge in [-0.25, -0.2) is 4.79 Å². The van der Waals surface area contributed by atoms with Crippen molar-refractivity contribution in [2.24, 2.45) is 0 Å². The van der Waals surface area contributed by atoms with Crippen LogP contribution in [-0.4, -0.2) is 29.2 Å². The number of nitrogens with zero attached hydrogens (tertiary/aromatic N) is 1. The Morgan fingerprint density at radius 3 is 2.48 bits per heavy atom. The average molecular weight is 467 g/mol. The van der Waals surface area contributed by atoms with Gasteiger partial charge in [-0.3, -0.25) is 14.5 Å². The minimum Gasteiger partial charge on any atom is -0.463 e. The van der Waals surface area contributed by atoms with Crippen LogP contribution in [0.4, 0.5) is 0 Å². The van der Waals surface area contributed by atoms with Crippen molar-refractivity contribution in [2.75, 3.05) is 6.61 Å². The summed E-state index contributed by atoms with van der Waals surface area (Å²) in [5.74, 6) is -0.467. The maximum Gasteiger partial charge on any atom is 0.338 e. The summed E-state index contributed by atoms with van der Waals surface area (Å²) in [6.07, 6.45) is 4.68. The summed E-state index contributed by atoms with van der Waals surface area (Å²) < 4.78 is 5.35. The number of hydrogen-bond acceptors (Lipinski definition) is 6. The van der Waals surface area contributed by atoms with Crippen LogP contribution in [0.1, 0.15) is 67.7 Å². The molecule has 1 aromatic carbocycles. The second-order valence-electron chi connectivity index (χ2n) is 7.80. The first-order valence-corrected chi connectivity index (χ1v) is 12.2. The molecule has 0 bridgehead atoms. The number of benzene rings is 1. The lowest BCUT2D eigenvalue weighted by molar-refractivity contribution is -0.139. The number of unbranched alkanes of at least 4 members (excludes halogenated alkanes) is 2. The molecule has 3 rings (SSSR count). The van der Waals surface area contributed by atoms with Crippen molar-refractivity contribution in [3.8, 4) is 0 Å². The molecule has 1 aliphatic rings. The highest BCUT2D eigenvalue weighted by atomic mass is 32.1. The normalized spacial score (nSPS) is 17.1. The third-order valence-corrected chi connectivity index (χ3v) is 6.25. The molecule has 0 spiro atoms. The van der Waals surface area contributed by atoms with Crippen molar-refractivity contribution < 1.29 is 19.1 Å². The van der Waals surface area contributed by atoms with Crippen molar-refractivity contribution in [2.45, 2.75) is 52.5 Å². The second-order valence-corrected chi connectivity index (χ2v) is 8.75. The zero-order chi connectivity index (χ0) is 23.8. The number of ether oxygens (including phenoxy) is 1. The summed E-state index contributed by atoms with van der Waals surface area (Å²) in [5.41, 5.74) is 1.67. The van der Waals surface area contributed by atoms with Crippen LogP contribution in [0.2, 0.25) is 0 Å². The highest BCUT2D eigenvalue weighted by Gasteiger charge is 2.40. The van der Waals surface area contributed by atoms with Gasteiger partial charge in [-0.1, -0.05) is 56.2 Å². The number of esters is 1. The summed E-state index contributed by atoms with van der Waals surface area (Å²) >= 11 is 1.32. The Kier molecular flexibility index (Phi) is 8.60. The molecule has 1 aromatic heterocycles. The first-order valence-electron chi connectivity index (χ1n) is 11.3. The van der Waals surface area contributed by atoms with Crippen LogP contribution < -0.4 is 5.32 Å². The van der Waals surface area contributed by atoms with Crippen LogP contribution >= 0.6 is 11.3 Å². The standard InChI is InChI=1S/C26H30N2O4S/c1-4-6-8-14-20(29)17-22-27-18(3)23(26(31)32-5-2)24(19-12-9-7-10-13-19)28(22)25(30)21-15-11-16-33-21/h7,9-13,15-17,24,27H,4-6,8,14H2,1-3H3/b22-17+. The third-order valence-electron chi connectivity index (χ3n) is 5.40. The molecule has 1 aliphatic heterocycles. The molecule has 174 valence electrons. The van der Waals surface area contributed by atoms with E-state index in [1.807, 2.05) is 35.7 Å². The van der Waals surface area contributed by atoms with E-state index in [-0.39, 0.29) is 18.3 Å². The van der Waals surface area contributed by atoms with Crippen LogP contribution in [0.3, 0.4) is 0 Å². The summed E-state index contributed by atoms with van der Waals surface area (Å²) in [6.45, 7) is 5.82. The zero-order valence-corrected chi connectivity index (χ0v) is 20.1. The number of allylic oxidation sites excluding steroid dienone is 2.